The van der Waals surface area contributed by atoms with Crippen molar-refractivity contribution in [1.29, 1.82) is 5.26 Å². The minimum Gasteiger partial charge on any atom is -0.325 e. The number of aromatic nitrogens is 2. The predicted molar refractivity (Wildman–Crippen MR) is 55.1 cm³/mol. The van der Waals surface area contributed by atoms with Crippen LogP contribution in [-0.2, 0) is 7.05 Å². The van der Waals surface area contributed by atoms with Crippen molar-refractivity contribution < 1.29 is 4.79 Å². The molecule has 0 aliphatic rings. The summed E-state index contributed by atoms with van der Waals surface area (Å²) in [6.45, 7) is 3.51. The van der Waals surface area contributed by atoms with E-state index in [-0.39, 0.29) is 5.91 Å². The molecule has 80 valence electrons. The molecule has 0 saturated heterocycles. The van der Waals surface area contributed by atoms with Crippen LogP contribution in [-0.4, -0.2) is 33.7 Å². The molecule has 5 heteroatoms. The number of hydrogen-bond acceptors (Lipinski definition) is 3. The molecule has 0 radical (unpaired) electrons. The van der Waals surface area contributed by atoms with Gasteiger partial charge in [0, 0.05) is 14.1 Å². The Labute approximate surface area is 88.9 Å². The average Bonchev–Trinajstić information content (AvgIpc) is 2.54. The fourth-order valence-electron chi connectivity index (χ4n) is 1.25. The molecule has 0 spiro atoms. The van der Waals surface area contributed by atoms with Crippen molar-refractivity contribution in [2.24, 2.45) is 7.05 Å². The van der Waals surface area contributed by atoms with Crippen LogP contribution in [0, 0.1) is 18.3 Å². The summed E-state index contributed by atoms with van der Waals surface area (Å²) in [5.74, 6) is -0.188. The summed E-state index contributed by atoms with van der Waals surface area (Å²) in [5, 5.41) is 12.8. The fourth-order valence-corrected chi connectivity index (χ4v) is 1.25. The Bertz CT molecular complexity index is 416. The van der Waals surface area contributed by atoms with Gasteiger partial charge in [0.05, 0.1) is 11.8 Å². The third-order valence-corrected chi connectivity index (χ3v) is 2.31. The third kappa shape index (κ3) is 2.15. The minimum absolute atomic E-state index is 0.188. The monoisotopic (exact) mass is 206 g/mol. The normalized spacial score (nSPS) is 11.9. The first kappa shape index (κ1) is 11.2. The van der Waals surface area contributed by atoms with Gasteiger partial charge in [0.1, 0.15) is 11.7 Å². The van der Waals surface area contributed by atoms with Gasteiger partial charge in [-0.2, -0.15) is 10.4 Å². The van der Waals surface area contributed by atoms with Crippen LogP contribution in [0.5, 0.6) is 0 Å². The van der Waals surface area contributed by atoms with Gasteiger partial charge in [0.15, 0.2) is 0 Å². The number of amides is 1. The summed E-state index contributed by atoms with van der Waals surface area (Å²) in [7, 11) is 3.32. The summed E-state index contributed by atoms with van der Waals surface area (Å²) >= 11 is 0. The Balaban J connectivity index is 2.96. The smallest absolute Gasteiger partial charge is 0.272 e. The fraction of sp³-hybridized carbons (Fsp3) is 0.500. The number of carbonyl (C=O) groups excluding carboxylic acids is 1. The van der Waals surface area contributed by atoms with Gasteiger partial charge < -0.3 is 4.90 Å². The molecular formula is C10H14N4O. The van der Waals surface area contributed by atoms with Crippen LogP contribution in [0.4, 0.5) is 0 Å². The molecule has 1 aromatic rings. The molecule has 0 aliphatic carbocycles. The summed E-state index contributed by atoms with van der Waals surface area (Å²) in [6, 6.07) is 3.29. The molecule has 5 nitrogen and oxygen atoms in total. The predicted octanol–water partition coefficient (Wildman–Crippen LogP) is 0.713. The van der Waals surface area contributed by atoms with Gasteiger partial charge >= 0.3 is 0 Å². The highest BCUT2D eigenvalue weighted by molar-refractivity contribution is 5.92. The highest BCUT2D eigenvalue weighted by Gasteiger charge is 2.20. The van der Waals surface area contributed by atoms with Gasteiger partial charge in [0.2, 0.25) is 0 Å². The Morgan fingerprint density at radius 1 is 1.73 bits per heavy atom. The maximum atomic E-state index is 11.9. The van der Waals surface area contributed by atoms with Crippen LogP contribution < -0.4 is 0 Å². The van der Waals surface area contributed by atoms with Crippen molar-refractivity contribution in [2.75, 3.05) is 7.05 Å². The van der Waals surface area contributed by atoms with Gasteiger partial charge in [0.25, 0.3) is 5.91 Å². The lowest BCUT2D eigenvalue weighted by molar-refractivity contribution is 0.0762. The molecule has 1 amide bonds. The SMILES string of the molecule is Cc1cc(C(=O)N(C)C(C)C#N)n(C)n1. The van der Waals surface area contributed by atoms with Crippen molar-refractivity contribution in [3.05, 3.63) is 17.5 Å². The summed E-state index contributed by atoms with van der Waals surface area (Å²) < 4.78 is 1.53. The van der Waals surface area contributed by atoms with Gasteiger partial charge in [-0.1, -0.05) is 0 Å². The Morgan fingerprint density at radius 2 is 2.33 bits per heavy atom. The quantitative estimate of drug-likeness (QED) is 0.716. The lowest BCUT2D eigenvalue weighted by Gasteiger charge is -2.18. The van der Waals surface area contributed by atoms with Crippen molar-refractivity contribution in [2.45, 2.75) is 19.9 Å². The number of nitriles is 1. The van der Waals surface area contributed by atoms with Gasteiger partial charge in [-0.15, -0.1) is 0 Å². The molecule has 0 bridgehead atoms. The zero-order valence-electron chi connectivity index (χ0n) is 9.35. The van der Waals surface area contributed by atoms with Crippen LogP contribution in [0.15, 0.2) is 6.07 Å². The standard InChI is InChI=1S/C10H14N4O/c1-7-5-9(14(4)12-7)10(15)13(3)8(2)6-11/h5,8H,1-4H3. The summed E-state index contributed by atoms with van der Waals surface area (Å²) in [4.78, 5) is 13.3. The zero-order chi connectivity index (χ0) is 11.6. The zero-order valence-corrected chi connectivity index (χ0v) is 9.35. The molecule has 0 N–H and O–H groups in total. The van der Waals surface area contributed by atoms with E-state index in [0.29, 0.717) is 5.69 Å². The van der Waals surface area contributed by atoms with Crippen molar-refractivity contribution in [3.8, 4) is 6.07 Å². The highest BCUT2D eigenvalue weighted by Crippen LogP contribution is 2.07. The first-order valence-corrected chi connectivity index (χ1v) is 4.64. The number of hydrogen-bond donors (Lipinski definition) is 0. The summed E-state index contributed by atoms with van der Waals surface area (Å²) in [5.41, 5.74) is 1.29. The van der Waals surface area contributed by atoms with Crippen LogP contribution in [0.25, 0.3) is 0 Å². The van der Waals surface area contributed by atoms with Gasteiger partial charge in [-0.25, -0.2) is 0 Å². The van der Waals surface area contributed by atoms with Gasteiger partial charge in [-0.05, 0) is 19.9 Å². The van der Waals surface area contributed by atoms with E-state index in [4.69, 9.17) is 5.26 Å². The maximum absolute atomic E-state index is 11.9. The second-order valence-electron chi connectivity index (χ2n) is 3.52. The van der Waals surface area contributed by atoms with Crippen LogP contribution in [0.1, 0.15) is 23.1 Å². The lowest BCUT2D eigenvalue weighted by atomic mass is 10.3. The Hall–Kier alpha value is -1.83. The van der Waals surface area contributed by atoms with E-state index in [2.05, 4.69) is 5.10 Å². The Kier molecular flexibility index (Phi) is 3.10. The number of carbonyl (C=O) groups is 1. The second kappa shape index (κ2) is 4.13. The number of aryl methyl sites for hydroxylation is 2. The summed E-state index contributed by atoms with van der Waals surface area (Å²) in [6.07, 6.45) is 0. The number of nitrogens with zero attached hydrogens (tertiary/aromatic N) is 4. The second-order valence-corrected chi connectivity index (χ2v) is 3.52. The lowest BCUT2D eigenvalue weighted by Crippen LogP contribution is -2.35. The minimum atomic E-state index is -0.437. The maximum Gasteiger partial charge on any atom is 0.272 e. The van der Waals surface area contributed by atoms with Crippen molar-refractivity contribution in [3.63, 3.8) is 0 Å². The Morgan fingerprint density at radius 3 is 2.73 bits per heavy atom. The third-order valence-electron chi connectivity index (χ3n) is 2.31. The van der Waals surface area contributed by atoms with Crippen molar-refractivity contribution in [1.82, 2.24) is 14.7 Å². The molecule has 15 heavy (non-hydrogen) atoms. The number of rotatable bonds is 2. The average molecular weight is 206 g/mol. The van der Waals surface area contributed by atoms with Crippen LogP contribution >= 0.6 is 0 Å². The molecule has 1 aromatic heterocycles. The molecule has 0 aromatic carbocycles. The van der Waals surface area contributed by atoms with Gasteiger partial charge in [-0.3, -0.25) is 9.48 Å². The van der Waals surface area contributed by atoms with Crippen molar-refractivity contribution >= 4 is 5.91 Å². The van der Waals surface area contributed by atoms with E-state index in [9.17, 15) is 4.79 Å². The molecule has 0 aliphatic heterocycles. The molecule has 1 heterocycles. The molecule has 1 atom stereocenters. The topological polar surface area (TPSA) is 61.9 Å². The molecule has 1 rings (SSSR count). The molecule has 1 unspecified atom stereocenters. The van der Waals surface area contributed by atoms with E-state index < -0.39 is 6.04 Å². The van der Waals surface area contributed by atoms with E-state index in [1.807, 2.05) is 13.0 Å². The van der Waals surface area contributed by atoms with Crippen LogP contribution in [0.2, 0.25) is 0 Å². The first-order chi connectivity index (χ1) is 6.97. The molecule has 0 fully saturated rings. The largest absolute Gasteiger partial charge is 0.325 e. The van der Waals surface area contributed by atoms with E-state index in [1.165, 1.54) is 9.58 Å². The van der Waals surface area contributed by atoms with Crippen LogP contribution in [0.3, 0.4) is 0 Å². The van der Waals surface area contributed by atoms with E-state index >= 15 is 0 Å². The molecule has 0 saturated carbocycles. The molecular weight excluding hydrogens is 192 g/mol. The van der Waals surface area contributed by atoms with E-state index in [1.54, 1.807) is 27.1 Å². The highest BCUT2D eigenvalue weighted by atomic mass is 16.2. The first-order valence-electron chi connectivity index (χ1n) is 4.64. The van der Waals surface area contributed by atoms with E-state index in [0.717, 1.165) is 5.69 Å².